The van der Waals surface area contributed by atoms with Crippen LogP contribution in [-0.4, -0.2) is 36.6 Å². The van der Waals surface area contributed by atoms with Gasteiger partial charge in [-0.05, 0) is 84.5 Å². The minimum atomic E-state index is -0.377. The van der Waals surface area contributed by atoms with E-state index in [0.29, 0.717) is 0 Å². The SMILES string of the molecule is Brc1cccc(Br)c1.CC1(C)OB(c2cccc(B3OC(C)(C)C(C)(C)O3)c2)OC1(C)C. The standard InChI is InChI=1S/C18H28B2O4.C6H4Br2/c1-15(2)16(3,4)22-19(21-15)13-10-9-11-14(12-13)20-23-17(5,6)18(7,8)24-20;7-5-2-1-3-6(8)4-5/h9-12H,1-8H3;1-4H. The van der Waals surface area contributed by atoms with E-state index in [2.05, 4.69) is 93.3 Å². The summed E-state index contributed by atoms with van der Waals surface area (Å²) in [6, 6.07) is 16.1. The number of rotatable bonds is 2. The Labute approximate surface area is 210 Å². The van der Waals surface area contributed by atoms with Gasteiger partial charge in [-0.3, -0.25) is 0 Å². The molecule has 2 fully saturated rings. The molecule has 2 aliphatic rings. The molecule has 2 saturated heterocycles. The van der Waals surface area contributed by atoms with E-state index in [1.165, 1.54) is 0 Å². The summed E-state index contributed by atoms with van der Waals surface area (Å²) in [5.41, 5.74) is 0.577. The Morgan fingerprint density at radius 3 is 1.12 bits per heavy atom. The first-order valence-corrected chi connectivity index (χ1v) is 12.4. The largest absolute Gasteiger partial charge is 0.494 e. The van der Waals surface area contributed by atoms with E-state index in [-0.39, 0.29) is 36.6 Å². The lowest BCUT2D eigenvalue weighted by molar-refractivity contribution is 0.00578. The van der Waals surface area contributed by atoms with Crippen LogP contribution >= 0.6 is 31.9 Å². The Kier molecular flexibility index (Phi) is 7.47. The summed E-state index contributed by atoms with van der Waals surface area (Å²) in [7, 11) is -0.755. The first-order valence-electron chi connectivity index (χ1n) is 10.9. The fraction of sp³-hybridized carbons (Fsp3) is 0.500. The van der Waals surface area contributed by atoms with Crippen molar-refractivity contribution in [2.75, 3.05) is 0 Å². The maximum Gasteiger partial charge on any atom is 0.494 e. The molecule has 2 heterocycles. The molecule has 0 bridgehead atoms. The molecule has 0 spiro atoms. The van der Waals surface area contributed by atoms with Gasteiger partial charge in [0.1, 0.15) is 0 Å². The summed E-state index contributed by atoms with van der Waals surface area (Å²) in [5.74, 6) is 0. The Morgan fingerprint density at radius 2 is 0.844 bits per heavy atom. The van der Waals surface area contributed by atoms with Crippen molar-refractivity contribution in [3.8, 4) is 0 Å². The van der Waals surface area contributed by atoms with Crippen molar-refractivity contribution in [2.24, 2.45) is 0 Å². The molecule has 2 aromatic carbocycles. The van der Waals surface area contributed by atoms with Crippen LogP contribution in [0.2, 0.25) is 0 Å². The van der Waals surface area contributed by atoms with Crippen molar-refractivity contribution in [3.63, 3.8) is 0 Å². The predicted octanol–water partition coefficient (Wildman–Crippen LogP) is 5.50. The molecule has 32 heavy (non-hydrogen) atoms. The van der Waals surface area contributed by atoms with Crippen molar-refractivity contribution < 1.29 is 18.6 Å². The van der Waals surface area contributed by atoms with Gasteiger partial charge in [0.05, 0.1) is 22.4 Å². The van der Waals surface area contributed by atoms with Crippen molar-refractivity contribution in [1.82, 2.24) is 0 Å². The van der Waals surface area contributed by atoms with E-state index in [9.17, 15) is 0 Å². The molecule has 0 atom stereocenters. The molecule has 0 unspecified atom stereocenters. The van der Waals surface area contributed by atoms with Gasteiger partial charge in [0.25, 0.3) is 0 Å². The van der Waals surface area contributed by atoms with Gasteiger partial charge in [-0.2, -0.15) is 0 Å². The van der Waals surface area contributed by atoms with Crippen molar-refractivity contribution >= 4 is 57.0 Å². The normalized spacial score (nSPS) is 22.4. The van der Waals surface area contributed by atoms with E-state index in [0.717, 1.165) is 19.9 Å². The fourth-order valence-corrected chi connectivity index (χ4v) is 4.38. The van der Waals surface area contributed by atoms with E-state index in [4.69, 9.17) is 18.6 Å². The molecule has 2 aromatic rings. The van der Waals surface area contributed by atoms with Crippen molar-refractivity contribution in [3.05, 3.63) is 57.5 Å². The molecular weight excluding hydrogens is 534 g/mol. The van der Waals surface area contributed by atoms with Crippen LogP contribution in [0.25, 0.3) is 0 Å². The molecule has 0 saturated carbocycles. The maximum absolute atomic E-state index is 6.15. The lowest BCUT2D eigenvalue weighted by Crippen LogP contribution is -2.41. The second-order valence-corrected chi connectivity index (χ2v) is 12.1. The Balaban J connectivity index is 0.000000305. The maximum atomic E-state index is 6.15. The van der Waals surface area contributed by atoms with Gasteiger partial charge >= 0.3 is 14.2 Å². The van der Waals surface area contributed by atoms with Crippen molar-refractivity contribution in [2.45, 2.75) is 77.8 Å². The topological polar surface area (TPSA) is 36.9 Å². The third-order valence-corrected chi connectivity index (χ3v) is 7.73. The van der Waals surface area contributed by atoms with Gasteiger partial charge < -0.3 is 18.6 Å². The molecule has 172 valence electrons. The fourth-order valence-electron chi connectivity index (χ4n) is 3.27. The monoisotopic (exact) mass is 564 g/mol. The highest BCUT2D eigenvalue weighted by molar-refractivity contribution is 9.11. The summed E-state index contributed by atoms with van der Waals surface area (Å²) >= 11 is 6.66. The Bertz CT molecular complexity index is 862. The molecule has 0 amide bonds. The highest BCUT2D eigenvalue weighted by Gasteiger charge is 2.53. The highest BCUT2D eigenvalue weighted by Crippen LogP contribution is 2.37. The molecular formula is C24H32B2Br2O4. The first kappa shape index (κ1) is 26.0. The zero-order chi connectivity index (χ0) is 23.9. The molecule has 4 rings (SSSR count). The number of hydrogen-bond acceptors (Lipinski definition) is 4. The van der Waals surface area contributed by atoms with E-state index in [1.807, 2.05) is 42.5 Å². The zero-order valence-corrected chi connectivity index (χ0v) is 23.3. The van der Waals surface area contributed by atoms with Crippen LogP contribution in [-0.2, 0) is 18.6 Å². The van der Waals surface area contributed by atoms with Gasteiger partial charge in [0, 0.05) is 8.95 Å². The third kappa shape index (κ3) is 5.53. The molecule has 4 nitrogen and oxygen atoms in total. The first-order chi connectivity index (χ1) is 14.6. The lowest BCUT2D eigenvalue weighted by Gasteiger charge is -2.32. The van der Waals surface area contributed by atoms with Crippen LogP contribution in [0.5, 0.6) is 0 Å². The summed E-state index contributed by atoms with van der Waals surface area (Å²) in [5, 5.41) is 0. The quantitative estimate of drug-likeness (QED) is 0.451. The molecule has 2 aliphatic heterocycles. The molecule has 8 heteroatoms. The van der Waals surface area contributed by atoms with Crippen LogP contribution in [0.15, 0.2) is 57.5 Å². The predicted molar refractivity (Wildman–Crippen MR) is 140 cm³/mol. The molecule has 0 N–H and O–H groups in total. The average Bonchev–Trinajstić information content (AvgIpc) is 3.02. The van der Waals surface area contributed by atoms with Gasteiger partial charge in [-0.15, -0.1) is 0 Å². The number of benzene rings is 2. The molecule has 0 radical (unpaired) electrons. The minimum absolute atomic E-state index is 0.349. The zero-order valence-electron chi connectivity index (χ0n) is 20.2. The van der Waals surface area contributed by atoms with Gasteiger partial charge in [0.15, 0.2) is 0 Å². The van der Waals surface area contributed by atoms with Gasteiger partial charge in [-0.25, -0.2) is 0 Å². The summed E-state index contributed by atoms with van der Waals surface area (Å²) in [6.07, 6.45) is 0. The highest BCUT2D eigenvalue weighted by atomic mass is 79.9. The number of hydrogen-bond donors (Lipinski definition) is 0. The van der Waals surface area contributed by atoms with E-state index < -0.39 is 0 Å². The number of halogens is 2. The van der Waals surface area contributed by atoms with Crippen LogP contribution in [0.4, 0.5) is 0 Å². The summed E-state index contributed by atoms with van der Waals surface area (Å²) < 4.78 is 26.8. The van der Waals surface area contributed by atoms with Crippen molar-refractivity contribution in [1.29, 1.82) is 0 Å². The van der Waals surface area contributed by atoms with Crippen LogP contribution < -0.4 is 10.9 Å². The van der Waals surface area contributed by atoms with Crippen LogP contribution in [0.3, 0.4) is 0 Å². The second-order valence-electron chi connectivity index (χ2n) is 10.3. The van der Waals surface area contributed by atoms with Crippen LogP contribution in [0, 0.1) is 0 Å². The third-order valence-electron chi connectivity index (χ3n) is 6.75. The molecule has 0 aliphatic carbocycles. The van der Waals surface area contributed by atoms with Gasteiger partial charge in [0.2, 0.25) is 0 Å². The smallest absolute Gasteiger partial charge is 0.399 e. The van der Waals surface area contributed by atoms with Crippen LogP contribution in [0.1, 0.15) is 55.4 Å². The van der Waals surface area contributed by atoms with E-state index in [1.54, 1.807) is 0 Å². The summed E-state index contributed by atoms with van der Waals surface area (Å²) in [4.78, 5) is 0. The van der Waals surface area contributed by atoms with Gasteiger partial charge in [-0.1, -0.05) is 62.2 Å². The lowest BCUT2D eigenvalue weighted by atomic mass is 9.72. The Morgan fingerprint density at radius 1 is 0.531 bits per heavy atom. The molecule has 0 aromatic heterocycles. The minimum Gasteiger partial charge on any atom is -0.399 e. The van der Waals surface area contributed by atoms with E-state index >= 15 is 0 Å². The Hall–Kier alpha value is -0.630. The summed E-state index contributed by atoms with van der Waals surface area (Å²) in [6.45, 7) is 16.5. The second kappa shape index (κ2) is 9.20. The average molecular weight is 566 g/mol.